The topological polar surface area (TPSA) is 12.0 Å². The molecule has 1 unspecified atom stereocenters. The van der Waals surface area contributed by atoms with Crippen LogP contribution in [0.4, 0.5) is 4.39 Å². The molecule has 2 rings (SSSR count). The Morgan fingerprint density at radius 3 is 2.76 bits per heavy atom. The molecule has 0 aromatic heterocycles. The second-order valence-electron chi connectivity index (χ2n) is 4.75. The van der Waals surface area contributed by atoms with Gasteiger partial charge in [-0.1, -0.05) is 35.7 Å². The van der Waals surface area contributed by atoms with Gasteiger partial charge >= 0.3 is 0 Å². The highest BCUT2D eigenvalue weighted by Crippen LogP contribution is 2.38. The molecule has 1 aliphatic rings. The van der Waals surface area contributed by atoms with Crippen LogP contribution in [-0.2, 0) is 0 Å². The fourth-order valence-electron chi connectivity index (χ4n) is 2.79. The Hall–Kier alpha value is -0.410. The van der Waals surface area contributed by atoms with E-state index in [1.165, 1.54) is 31.7 Å². The van der Waals surface area contributed by atoms with E-state index in [-0.39, 0.29) is 11.9 Å². The number of hydrogen-bond acceptors (Lipinski definition) is 1. The molecule has 0 heterocycles. The molecule has 0 aliphatic heterocycles. The summed E-state index contributed by atoms with van der Waals surface area (Å²) in [5.74, 6) is 0.497. The summed E-state index contributed by atoms with van der Waals surface area (Å²) in [6.07, 6.45) is 5.11. The van der Waals surface area contributed by atoms with E-state index in [1.54, 1.807) is 6.07 Å². The number of hydrogen-bond donors (Lipinski definition) is 1. The largest absolute Gasteiger partial charge is 0.310 e. The number of halogens is 2. The lowest BCUT2D eigenvalue weighted by Crippen LogP contribution is -2.27. The predicted octanol–water partition coefficient (Wildman–Crippen LogP) is 4.43. The van der Waals surface area contributed by atoms with Gasteiger partial charge < -0.3 is 5.32 Å². The summed E-state index contributed by atoms with van der Waals surface area (Å²) in [6, 6.07) is 5.26. The second-order valence-corrected chi connectivity index (χ2v) is 5.60. The van der Waals surface area contributed by atoms with E-state index >= 15 is 0 Å². The maximum absolute atomic E-state index is 13.4. The molecule has 0 bridgehead atoms. The Kier molecular flexibility index (Phi) is 4.57. The fraction of sp³-hybridized carbons (Fsp3) is 0.571. The summed E-state index contributed by atoms with van der Waals surface area (Å²) in [5, 5.41) is 3.51. The maximum Gasteiger partial charge on any atom is 0.123 e. The number of benzene rings is 1. The normalized spacial score (nSPS) is 18.5. The van der Waals surface area contributed by atoms with Crippen LogP contribution in [-0.4, -0.2) is 6.54 Å². The van der Waals surface area contributed by atoms with Crippen LogP contribution in [0.2, 0.25) is 0 Å². The van der Waals surface area contributed by atoms with Crippen molar-refractivity contribution < 1.29 is 4.39 Å². The van der Waals surface area contributed by atoms with Gasteiger partial charge in [-0.15, -0.1) is 0 Å². The quantitative estimate of drug-likeness (QED) is 0.867. The first-order chi connectivity index (χ1) is 8.22. The highest BCUT2D eigenvalue weighted by molar-refractivity contribution is 9.10. The molecule has 3 heteroatoms. The predicted molar refractivity (Wildman–Crippen MR) is 72.5 cm³/mol. The SMILES string of the molecule is CCNC(c1cc(F)ccc1Br)C1CCCC1. The molecule has 0 saturated heterocycles. The molecule has 17 heavy (non-hydrogen) atoms. The zero-order chi connectivity index (χ0) is 12.3. The summed E-state index contributed by atoms with van der Waals surface area (Å²) in [7, 11) is 0. The maximum atomic E-state index is 13.4. The molecule has 0 amide bonds. The van der Waals surface area contributed by atoms with Crippen molar-refractivity contribution in [3.63, 3.8) is 0 Å². The van der Waals surface area contributed by atoms with Crippen molar-refractivity contribution in [3.05, 3.63) is 34.1 Å². The third kappa shape index (κ3) is 3.08. The van der Waals surface area contributed by atoms with Crippen LogP contribution in [0.5, 0.6) is 0 Å². The Morgan fingerprint density at radius 2 is 2.12 bits per heavy atom. The van der Waals surface area contributed by atoms with Crippen LogP contribution in [0.15, 0.2) is 22.7 Å². The minimum absolute atomic E-state index is 0.149. The molecule has 1 fully saturated rings. The van der Waals surface area contributed by atoms with Crippen LogP contribution in [0.3, 0.4) is 0 Å². The van der Waals surface area contributed by atoms with Gasteiger partial charge in [-0.25, -0.2) is 4.39 Å². The van der Waals surface area contributed by atoms with Crippen LogP contribution >= 0.6 is 15.9 Å². The van der Waals surface area contributed by atoms with E-state index in [0.717, 1.165) is 16.6 Å². The molecular formula is C14H19BrFN. The first-order valence-corrected chi connectivity index (χ1v) is 7.20. The molecule has 1 aromatic carbocycles. The first-order valence-electron chi connectivity index (χ1n) is 6.40. The summed E-state index contributed by atoms with van der Waals surface area (Å²) in [6.45, 7) is 3.03. The van der Waals surface area contributed by atoms with Crippen molar-refractivity contribution in [2.75, 3.05) is 6.54 Å². The lowest BCUT2D eigenvalue weighted by molar-refractivity contribution is 0.372. The molecule has 0 spiro atoms. The van der Waals surface area contributed by atoms with Gasteiger partial charge in [0.15, 0.2) is 0 Å². The Labute approximate surface area is 111 Å². The summed E-state index contributed by atoms with van der Waals surface area (Å²) >= 11 is 3.54. The Balaban J connectivity index is 2.27. The van der Waals surface area contributed by atoms with Crippen LogP contribution in [0, 0.1) is 11.7 Å². The molecule has 94 valence electrons. The molecule has 1 N–H and O–H groups in total. The molecule has 1 aromatic rings. The zero-order valence-corrected chi connectivity index (χ0v) is 11.8. The summed E-state index contributed by atoms with van der Waals surface area (Å²) in [5.41, 5.74) is 1.07. The molecule has 1 aliphatic carbocycles. The minimum atomic E-state index is -0.149. The lowest BCUT2D eigenvalue weighted by Gasteiger charge is -2.25. The van der Waals surface area contributed by atoms with Crippen molar-refractivity contribution in [1.82, 2.24) is 5.32 Å². The van der Waals surface area contributed by atoms with Crippen molar-refractivity contribution in [2.24, 2.45) is 5.92 Å². The minimum Gasteiger partial charge on any atom is -0.310 e. The molecule has 1 nitrogen and oxygen atoms in total. The highest BCUT2D eigenvalue weighted by Gasteiger charge is 2.27. The summed E-state index contributed by atoms with van der Waals surface area (Å²) in [4.78, 5) is 0. The van der Waals surface area contributed by atoms with E-state index in [4.69, 9.17) is 0 Å². The van der Waals surface area contributed by atoms with Gasteiger partial charge in [-0.2, -0.15) is 0 Å². The van der Waals surface area contributed by atoms with Gasteiger partial charge in [0.25, 0.3) is 0 Å². The smallest absolute Gasteiger partial charge is 0.123 e. The van der Waals surface area contributed by atoms with Gasteiger partial charge in [0, 0.05) is 10.5 Å². The van der Waals surface area contributed by atoms with E-state index in [0.29, 0.717) is 5.92 Å². The third-order valence-electron chi connectivity index (χ3n) is 3.59. The van der Waals surface area contributed by atoms with E-state index in [9.17, 15) is 4.39 Å². The van der Waals surface area contributed by atoms with Gasteiger partial charge in [-0.3, -0.25) is 0 Å². The number of rotatable bonds is 4. The Bertz CT molecular complexity index is 374. The Morgan fingerprint density at radius 1 is 1.41 bits per heavy atom. The van der Waals surface area contributed by atoms with Crippen molar-refractivity contribution in [2.45, 2.75) is 38.6 Å². The highest BCUT2D eigenvalue weighted by atomic mass is 79.9. The lowest BCUT2D eigenvalue weighted by atomic mass is 9.91. The fourth-order valence-corrected chi connectivity index (χ4v) is 3.29. The van der Waals surface area contributed by atoms with E-state index < -0.39 is 0 Å². The zero-order valence-electron chi connectivity index (χ0n) is 10.2. The van der Waals surface area contributed by atoms with Gasteiger partial charge in [-0.05, 0) is 49.1 Å². The third-order valence-corrected chi connectivity index (χ3v) is 4.31. The molecule has 1 saturated carbocycles. The average molecular weight is 300 g/mol. The van der Waals surface area contributed by atoms with Crippen LogP contribution in [0.1, 0.15) is 44.2 Å². The standard InChI is InChI=1S/C14H19BrFN/c1-2-17-14(10-5-3-4-6-10)12-9-11(16)7-8-13(12)15/h7-10,14,17H,2-6H2,1H3. The number of nitrogens with one attached hydrogen (secondary N) is 1. The summed E-state index contributed by atoms with van der Waals surface area (Å²) < 4.78 is 14.4. The molecule has 0 radical (unpaired) electrons. The van der Waals surface area contributed by atoms with Gasteiger partial charge in [0.1, 0.15) is 5.82 Å². The molecular weight excluding hydrogens is 281 g/mol. The van der Waals surface area contributed by atoms with Crippen LogP contribution in [0.25, 0.3) is 0 Å². The average Bonchev–Trinajstić information content (AvgIpc) is 2.83. The molecule has 1 atom stereocenters. The van der Waals surface area contributed by atoms with E-state index in [1.807, 2.05) is 6.07 Å². The van der Waals surface area contributed by atoms with Crippen LogP contribution < -0.4 is 5.32 Å². The van der Waals surface area contributed by atoms with Gasteiger partial charge in [0.2, 0.25) is 0 Å². The monoisotopic (exact) mass is 299 g/mol. The van der Waals surface area contributed by atoms with Crippen molar-refractivity contribution >= 4 is 15.9 Å². The second kappa shape index (κ2) is 5.96. The van der Waals surface area contributed by atoms with Crippen molar-refractivity contribution in [1.29, 1.82) is 0 Å². The van der Waals surface area contributed by atoms with E-state index in [2.05, 4.69) is 28.2 Å². The first kappa shape index (κ1) is 13.0. The van der Waals surface area contributed by atoms with Crippen molar-refractivity contribution in [3.8, 4) is 0 Å². The van der Waals surface area contributed by atoms with Gasteiger partial charge in [0.05, 0.1) is 0 Å².